The summed E-state index contributed by atoms with van der Waals surface area (Å²) in [6.45, 7) is 4.61. The number of benzene rings is 1. The van der Waals surface area contributed by atoms with Gasteiger partial charge in [-0.3, -0.25) is 0 Å². The van der Waals surface area contributed by atoms with E-state index in [9.17, 15) is 5.11 Å². The molecule has 17 heavy (non-hydrogen) atoms. The molecule has 1 fully saturated rings. The van der Waals surface area contributed by atoms with Crippen LogP contribution in [0.15, 0.2) is 30.3 Å². The maximum Gasteiger partial charge on any atom is 0.0896 e. The van der Waals surface area contributed by atoms with Crippen molar-refractivity contribution >= 4 is 0 Å². The first-order valence-electron chi connectivity index (χ1n) is 6.90. The number of rotatable bonds is 2. The average molecular weight is 232 g/mol. The second kappa shape index (κ2) is 5.22. The molecule has 0 saturated heterocycles. The fourth-order valence-electron chi connectivity index (χ4n) is 3.05. The van der Waals surface area contributed by atoms with E-state index in [-0.39, 0.29) is 0 Å². The molecular formula is C16H24O. The molecule has 2 atom stereocenters. The molecule has 1 N–H and O–H groups in total. The van der Waals surface area contributed by atoms with Gasteiger partial charge in [-0.1, -0.05) is 50.6 Å². The number of aliphatic hydroxyl groups is 1. The third-order valence-corrected chi connectivity index (χ3v) is 4.35. The average Bonchev–Trinajstić information content (AvgIpc) is 2.54. The van der Waals surface area contributed by atoms with Crippen LogP contribution in [0.2, 0.25) is 0 Å². The molecule has 0 spiro atoms. The van der Waals surface area contributed by atoms with Gasteiger partial charge in [0.15, 0.2) is 0 Å². The van der Waals surface area contributed by atoms with Crippen molar-refractivity contribution in [2.45, 2.75) is 51.6 Å². The first-order chi connectivity index (χ1) is 8.12. The van der Waals surface area contributed by atoms with Crippen LogP contribution in [0.25, 0.3) is 0 Å². The van der Waals surface area contributed by atoms with Gasteiger partial charge in [0, 0.05) is 0 Å². The van der Waals surface area contributed by atoms with Crippen LogP contribution < -0.4 is 0 Å². The van der Waals surface area contributed by atoms with Crippen molar-refractivity contribution in [1.29, 1.82) is 0 Å². The van der Waals surface area contributed by atoms with E-state index in [0.717, 1.165) is 43.1 Å². The van der Waals surface area contributed by atoms with E-state index in [0.29, 0.717) is 0 Å². The molecular weight excluding hydrogens is 208 g/mol. The van der Waals surface area contributed by atoms with Crippen molar-refractivity contribution in [1.82, 2.24) is 0 Å². The van der Waals surface area contributed by atoms with Crippen LogP contribution in [0.1, 0.15) is 51.5 Å². The molecule has 2 rings (SSSR count). The third kappa shape index (κ3) is 2.90. The van der Waals surface area contributed by atoms with Crippen LogP contribution in [0.4, 0.5) is 0 Å². The molecule has 0 bridgehead atoms. The van der Waals surface area contributed by atoms with Crippen molar-refractivity contribution in [3.63, 3.8) is 0 Å². The number of hydrogen-bond donors (Lipinski definition) is 1. The summed E-state index contributed by atoms with van der Waals surface area (Å²) < 4.78 is 0. The minimum absolute atomic E-state index is 0.578. The molecule has 0 amide bonds. The lowest BCUT2D eigenvalue weighted by Gasteiger charge is -2.27. The van der Waals surface area contributed by atoms with Crippen LogP contribution in [-0.4, -0.2) is 5.11 Å². The Morgan fingerprint density at radius 1 is 1.12 bits per heavy atom. The fourth-order valence-corrected chi connectivity index (χ4v) is 3.05. The van der Waals surface area contributed by atoms with E-state index in [1.165, 1.54) is 6.42 Å². The summed E-state index contributed by atoms with van der Waals surface area (Å²) in [5.41, 5.74) is 0.523. The molecule has 1 aromatic rings. The van der Waals surface area contributed by atoms with Crippen LogP contribution >= 0.6 is 0 Å². The summed E-state index contributed by atoms with van der Waals surface area (Å²) in [6.07, 6.45) is 5.41. The minimum atomic E-state index is -0.578. The van der Waals surface area contributed by atoms with Gasteiger partial charge in [0.2, 0.25) is 0 Å². The van der Waals surface area contributed by atoms with Gasteiger partial charge in [-0.15, -0.1) is 0 Å². The SMILES string of the molecule is CC(C)C1CCCC(O)(c2ccccc2)CC1. The molecule has 1 aliphatic rings. The Labute approximate surface area is 105 Å². The van der Waals surface area contributed by atoms with Gasteiger partial charge < -0.3 is 5.11 Å². The van der Waals surface area contributed by atoms with Gasteiger partial charge in [0.25, 0.3) is 0 Å². The van der Waals surface area contributed by atoms with Crippen molar-refractivity contribution < 1.29 is 5.11 Å². The van der Waals surface area contributed by atoms with Gasteiger partial charge in [-0.2, -0.15) is 0 Å². The Kier molecular flexibility index (Phi) is 3.88. The smallest absolute Gasteiger partial charge is 0.0896 e. The highest BCUT2D eigenvalue weighted by molar-refractivity contribution is 5.22. The Balaban J connectivity index is 2.12. The van der Waals surface area contributed by atoms with Crippen molar-refractivity contribution in [3.05, 3.63) is 35.9 Å². The Hall–Kier alpha value is -0.820. The molecule has 0 heterocycles. The highest BCUT2D eigenvalue weighted by Gasteiger charge is 2.32. The summed E-state index contributed by atoms with van der Waals surface area (Å²) in [7, 11) is 0. The second-order valence-electron chi connectivity index (χ2n) is 5.83. The van der Waals surface area contributed by atoms with Crippen LogP contribution in [0.5, 0.6) is 0 Å². The minimum Gasteiger partial charge on any atom is -0.385 e. The Morgan fingerprint density at radius 2 is 1.82 bits per heavy atom. The standard InChI is InChI=1S/C16H24O/c1-13(2)14-7-6-11-16(17,12-10-14)15-8-4-3-5-9-15/h3-5,8-9,13-14,17H,6-7,10-12H2,1-2H3. The molecule has 94 valence electrons. The lowest BCUT2D eigenvalue weighted by molar-refractivity contribution is 0.0191. The summed E-state index contributed by atoms with van der Waals surface area (Å²) in [5, 5.41) is 10.8. The van der Waals surface area contributed by atoms with E-state index in [1.54, 1.807) is 0 Å². The summed E-state index contributed by atoms with van der Waals surface area (Å²) >= 11 is 0. The molecule has 1 heteroatoms. The third-order valence-electron chi connectivity index (χ3n) is 4.35. The Morgan fingerprint density at radius 3 is 2.47 bits per heavy atom. The molecule has 2 unspecified atom stereocenters. The van der Waals surface area contributed by atoms with E-state index < -0.39 is 5.60 Å². The molecule has 1 aliphatic carbocycles. The summed E-state index contributed by atoms with van der Waals surface area (Å²) in [5.74, 6) is 1.53. The monoisotopic (exact) mass is 232 g/mol. The maximum atomic E-state index is 10.8. The van der Waals surface area contributed by atoms with Crippen LogP contribution in [-0.2, 0) is 5.60 Å². The summed E-state index contributed by atoms with van der Waals surface area (Å²) in [6, 6.07) is 10.2. The molecule has 1 nitrogen and oxygen atoms in total. The lowest BCUT2D eigenvalue weighted by Crippen LogP contribution is -2.24. The number of hydrogen-bond acceptors (Lipinski definition) is 1. The van der Waals surface area contributed by atoms with E-state index in [1.807, 2.05) is 18.2 Å². The molecule has 0 aliphatic heterocycles. The predicted octanol–water partition coefficient (Wildman–Crippen LogP) is 4.11. The normalized spacial score (nSPS) is 30.2. The molecule has 1 saturated carbocycles. The zero-order valence-corrected chi connectivity index (χ0v) is 11.0. The van der Waals surface area contributed by atoms with Crippen molar-refractivity contribution in [2.75, 3.05) is 0 Å². The van der Waals surface area contributed by atoms with E-state index in [2.05, 4.69) is 26.0 Å². The lowest BCUT2D eigenvalue weighted by atomic mass is 9.85. The van der Waals surface area contributed by atoms with Gasteiger partial charge >= 0.3 is 0 Å². The van der Waals surface area contributed by atoms with Gasteiger partial charge in [0.05, 0.1) is 5.60 Å². The molecule has 0 aromatic heterocycles. The molecule has 1 aromatic carbocycles. The fraction of sp³-hybridized carbons (Fsp3) is 0.625. The van der Waals surface area contributed by atoms with Crippen molar-refractivity contribution in [2.24, 2.45) is 11.8 Å². The maximum absolute atomic E-state index is 10.8. The highest BCUT2D eigenvalue weighted by atomic mass is 16.3. The van der Waals surface area contributed by atoms with Gasteiger partial charge in [0.1, 0.15) is 0 Å². The van der Waals surface area contributed by atoms with Gasteiger partial charge in [-0.25, -0.2) is 0 Å². The quantitative estimate of drug-likeness (QED) is 0.761. The Bertz CT molecular complexity index is 344. The van der Waals surface area contributed by atoms with Crippen LogP contribution in [0, 0.1) is 11.8 Å². The van der Waals surface area contributed by atoms with E-state index >= 15 is 0 Å². The van der Waals surface area contributed by atoms with E-state index in [4.69, 9.17) is 0 Å². The largest absolute Gasteiger partial charge is 0.385 e. The van der Waals surface area contributed by atoms with Gasteiger partial charge in [-0.05, 0) is 43.1 Å². The zero-order chi connectivity index (χ0) is 12.3. The first-order valence-corrected chi connectivity index (χ1v) is 6.90. The zero-order valence-electron chi connectivity index (χ0n) is 11.0. The summed E-state index contributed by atoms with van der Waals surface area (Å²) in [4.78, 5) is 0. The predicted molar refractivity (Wildman–Crippen MR) is 71.8 cm³/mol. The first kappa shape index (κ1) is 12.6. The highest BCUT2D eigenvalue weighted by Crippen LogP contribution is 2.39. The van der Waals surface area contributed by atoms with Crippen molar-refractivity contribution in [3.8, 4) is 0 Å². The van der Waals surface area contributed by atoms with Crippen LogP contribution in [0.3, 0.4) is 0 Å². The second-order valence-corrected chi connectivity index (χ2v) is 5.83. The topological polar surface area (TPSA) is 20.2 Å². The molecule has 0 radical (unpaired) electrons.